The Kier molecular flexibility index (Phi) is 8.16. The van der Waals surface area contributed by atoms with Crippen molar-refractivity contribution in [2.24, 2.45) is 5.73 Å². The van der Waals surface area contributed by atoms with Crippen molar-refractivity contribution in [1.29, 1.82) is 0 Å². The van der Waals surface area contributed by atoms with Crippen molar-refractivity contribution >= 4 is 23.6 Å². The summed E-state index contributed by atoms with van der Waals surface area (Å²) in [5.74, 6) is -0.275. The summed E-state index contributed by atoms with van der Waals surface area (Å²) < 4.78 is 12.6. The predicted molar refractivity (Wildman–Crippen MR) is 121 cm³/mol. The average molecular weight is 437 g/mol. The Balaban J connectivity index is 1.94. The summed E-state index contributed by atoms with van der Waals surface area (Å²) in [6.07, 6.45) is 4.06. The molecule has 3 rings (SSSR count). The molecule has 0 atom stereocenters. The molecule has 0 unspecified atom stereocenters. The van der Waals surface area contributed by atoms with Crippen LogP contribution in [0.2, 0.25) is 0 Å². The zero-order chi connectivity index (χ0) is 22.9. The first kappa shape index (κ1) is 23.2. The number of aromatic nitrogens is 1. The van der Waals surface area contributed by atoms with Gasteiger partial charge in [-0.15, -0.1) is 0 Å². The topological polar surface area (TPSA) is 100 Å². The number of nitrogens with two attached hydrogens (primary N) is 1. The molecule has 0 radical (unpaired) electrons. The van der Waals surface area contributed by atoms with E-state index < -0.39 is 5.78 Å². The summed E-state index contributed by atoms with van der Waals surface area (Å²) in [6.45, 7) is 2.81. The van der Waals surface area contributed by atoms with Gasteiger partial charge in [-0.25, -0.2) is 0 Å². The van der Waals surface area contributed by atoms with Crippen LogP contribution in [0.25, 0.3) is 5.52 Å². The van der Waals surface area contributed by atoms with Crippen LogP contribution in [0, 0.1) is 0 Å². The molecule has 0 bridgehead atoms. The van der Waals surface area contributed by atoms with E-state index in [0.717, 1.165) is 16.8 Å². The lowest BCUT2D eigenvalue weighted by Gasteiger charge is -2.09. The second kappa shape index (κ2) is 11.2. The van der Waals surface area contributed by atoms with Gasteiger partial charge in [-0.2, -0.15) is 0 Å². The number of fused-ring (bicyclic) bond motifs is 1. The van der Waals surface area contributed by atoms with Gasteiger partial charge in [-0.3, -0.25) is 14.4 Å². The van der Waals surface area contributed by atoms with E-state index in [4.69, 9.17) is 15.2 Å². The van der Waals surface area contributed by atoms with Crippen molar-refractivity contribution in [3.63, 3.8) is 0 Å². The molecule has 7 heteroatoms. The summed E-state index contributed by atoms with van der Waals surface area (Å²) in [7, 11) is 0. The quantitative estimate of drug-likeness (QED) is 0.154. The number of aldehydes is 1. The first-order valence-electron chi connectivity index (χ1n) is 10.8. The third-order valence-corrected chi connectivity index (χ3v) is 5.18. The van der Waals surface area contributed by atoms with Crippen LogP contribution < -0.4 is 10.5 Å². The number of ether oxygens (including phenoxy) is 2. The lowest BCUT2D eigenvalue weighted by atomic mass is 9.99. The molecule has 168 valence electrons. The number of rotatable bonds is 12. The number of Topliss-reactive ketones (excluding diaryl/α,β-unsaturated/α-hetero) is 1. The minimum absolute atomic E-state index is 0.256. The maximum absolute atomic E-state index is 12.6. The molecule has 0 aliphatic carbocycles. The smallest absolute Gasteiger partial charge is 0.305 e. The Morgan fingerprint density at radius 1 is 1.16 bits per heavy atom. The Bertz CT molecular complexity index is 1090. The van der Waals surface area contributed by atoms with E-state index in [1.54, 1.807) is 13.0 Å². The maximum atomic E-state index is 12.6. The molecule has 0 saturated heterocycles. The number of ketones is 1. The predicted octanol–water partition coefficient (Wildman–Crippen LogP) is 3.14. The van der Waals surface area contributed by atoms with Crippen molar-refractivity contribution in [1.82, 2.24) is 4.40 Å². The Labute approximate surface area is 187 Å². The molecule has 0 spiro atoms. The van der Waals surface area contributed by atoms with E-state index in [9.17, 15) is 14.4 Å². The molecule has 2 aromatic heterocycles. The van der Waals surface area contributed by atoms with Gasteiger partial charge >= 0.3 is 5.97 Å². The van der Waals surface area contributed by atoms with Crippen LogP contribution in [0.1, 0.15) is 46.9 Å². The van der Waals surface area contributed by atoms with Crippen LogP contribution in [0.4, 0.5) is 0 Å². The molecule has 7 nitrogen and oxygen atoms in total. The highest BCUT2D eigenvalue weighted by atomic mass is 16.5. The largest absolute Gasteiger partial charge is 0.493 e. The molecule has 0 amide bonds. The number of carbonyl (C=O) groups excluding carboxylic acids is 3. The van der Waals surface area contributed by atoms with Crippen molar-refractivity contribution in [2.45, 2.75) is 32.6 Å². The molecule has 0 aliphatic heterocycles. The molecular formula is C25H28N2O5. The number of carbonyl (C=O) groups is 3. The normalized spacial score (nSPS) is 10.8. The Hall–Kier alpha value is -3.45. The molecule has 0 aliphatic rings. The summed E-state index contributed by atoms with van der Waals surface area (Å²) in [5, 5.41) is 0. The van der Waals surface area contributed by atoms with Crippen LogP contribution in [-0.4, -0.2) is 42.2 Å². The average Bonchev–Trinajstić information content (AvgIpc) is 3.09. The van der Waals surface area contributed by atoms with Crippen LogP contribution in [0.15, 0.2) is 48.7 Å². The number of nitrogens with zero attached hydrogens (tertiary/aromatic N) is 1. The van der Waals surface area contributed by atoms with Gasteiger partial charge in [-0.05, 0) is 43.5 Å². The van der Waals surface area contributed by atoms with Gasteiger partial charge in [0.25, 0.3) is 0 Å². The summed E-state index contributed by atoms with van der Waals surface area (Å²) in [4.78, 5) is 35.5. The monoisotopic (exact) mass is 436 g/mol. The van der Waals surface area contributed by atoms with Gasteiger partial charge in [-0.1, -0.05) is 30.3 Å². The number of hydrogen-bond acceptors (Lipinski definition) is 6. The van der Waals surface area contributed by atoms with Gasteiger partial charge in [0.1, 0.15) is 5.75 Å². The lowest BCUT2D eigenvalue weighted by molar-refractivity contribution is -0.143. The fourth-order valence-corrected chi connectivity index (χ4v) is 3.81. The summed E-state index contributed by atoms with van der Waals surface area (Å²) in [6, 6.07) is 13.5. The van der Waals surface area contributed by atoms with Gasteiger partial charge in [0.15, 0.2) is 6.29 Å². The highest BCUT2D eigenvalue weighted by Crippen LogP contribution is 2.29. The molecule has 2 heterocycles. The van der Waals surface area contributed by atoms with Crippen molar-refractivity contribution in [3.05, 3.63) is 71.0 Å². The fraction of sp³-hybridized carbons (Fsp3) is 0.320. The second-order valence-electron chi connectivity index (χ2n) is 7.36. The Morgan fingerprint density at radius 2 is 1.94 bits per heavy atom. The van der Waals surface area contributed by atoms with E-state index in [1.165, 1.54) is 0 Å². The summed E-state index contributed by atoms with van der Waals surface area (Å²) in [5.41, 5.74) is 9.62. The number of pyridine rings is 1. The lowest BCUT2D eigenvalue weighted by Crippen LogP contribution is -2.10. The standard InChI is InChI=1S/C25H28N2O5/c1-2-31-24(30)9-6-14-32-19-11-13-27-21(15-18-7-4-3-5-8-18)20(10-12-26)25(22(27)16-19)23(29)17-28/h3-5,7-8,11,13,16-17H,2,6,9-10,12,14-15,26H2,1H3. The number of hydrogen-bond donors (Lipinski definition) is 1. The minimum atomic E-state index is -0.579. The zero-order valence-corrected chi connectivity index (χ0v) is 18.2. The highest BCUT2D eigenvalue weighted by molar-refractivity contribution is 6.36. The third kappa shape index (κ3) is 5.42. The van der Waals surface area contributed by atoms with Crippen molar-refractivity contribution in [2.75, 3.05) is 19.8 Å². The van der Waals surface area contributed by atoms with E-state index in [2.05, 4.69) is 0 Å². The van der Waals surface area contributed by atoms with Crippen LogP contribution in [0.5, 0.6) is 5.75 Å². The van der Waals surface area contributed by atoms with Gasteiger partial charge in [0, 0.05) is 30.8 Å². The van der Waals surface area contributed by atoms with E-state index in [-0.39, 0.29) is 12.4 Å². The highest BCUT2D eigenvalue weighted by Gasteiger charge is 2.23. The van der Waals surface area contributed by atoms with Gasteiger partial charge < -0.3 is 19.6 Å². The van der Waals surface area contributed by atoms with Gasteiger partial charge in [0.2, 0.25) is 5.78 Å². The molecule has 1 aromatic carbocycles. The summed E-state index contributed by atoms with van der Waals surface area (Å²) >= 11 is 0. The van der Waals surface area contributed by atoms with Gasteiger partial charge in [0.05, 0.1) is 24.3 Å². The van der Waals surface area contributed by atoms with Crippen LogP contribution in [0.3, 0.4) is 0 Å². The zero-order valence-electron chi connectivity index (χ0n) is 18.2. The van der Waals surface area contributed by atoms with E-state index in [1.807, 2.05) is 47.0 Å². The number of benzene rings is 1. The third-order valence-electron chi connectivity index (χ3n) is 5.18. The molecular weight excluding hydrogens is 408 g/mol. The van der Waals surface area contributed by atoms with Crippen molar-refractivity contribution in [3.8, 4) is 5.75 Å². The van der Waals surface area contributed by atoms with E-state index >= 15 is 0 Å². The molecule has 0 fully saturated rings. The fourth-order valence-electron chi connectivity index (χ4n) is 3.81. The van der Waals surface area contributed by atoms with Crippen LogP contribution in [-0.2, 0) is 27.2 Å². The molecule has 2 N–H and O–H groups in total. The SMILES string of the molecule is CCOC(=O)CCCOc1ccn2c(Cc3ccccc3)c(CCN)c(C(=O)C=O)c2c1. The van der Waals surface area contributed by atoms with Crippen molar-refractivity contribution < 1.29 is 23.9 Å². The van der Waals surface area contributed by atoms with Crippen LogP contribution >= 0.6 is 0 Å². The molecule has 3 aromatic rings. The first-order valence-corrected chi connectivity index (χ1v) is 10.8. The first-order chi connectivity index (χ1) is 15.6. The Morgan fingerprint density at radius 3 is 2.62 bits per heavy atom. The van der Waals surface area contributed by atoms with E-state index in [0.29, 0.717) is 62.1 Å². The molecule has 32 heavy (non-hydrogen) atoms. The maximum Gasteiger partial charge on any atom is 0.305 e. The minimum Gasteiger partial charge on any atom is -0.493 e. The number of esters is 1. The second-order valence-corrected chi connectivity index (χ2v) is 7.36. The molecule has 0 saturated carbocycles.